The Kier molecular flexibility index (Phi) is 16.1. The van der Waals surface area contributed by atoms with E-state index in [0.717, 1.165) is 62.1 Å². The Balaban J connectivity index is 0.938. The summed E-state index contributed by atoms with van der Waals surface area (Å²) in [7, 11) is -6.34. The van der Waals surface area contributed by atoms with Crippen molar-refractivity contribution >= 4 is 158 Å². The number of rotatable bonds is 13. The van der Waals surface area contributed by atoms with Crippen molar-refractivity contribution in [3.05, 3.63) is 405 Å². The number of aromatic nitrogens is 2. The molecule has 0 aliphatic carbocycles. The van der Waals surface area contributed by atoms with Crippen LogP contribution in [0.3, 0.4) is 0 Å². The summed E-state index contributed by atoms with van der Waals surface area (Å²) in [4.78, 5) is 5.34. The molecule has 2 aromatic heterocycles. The second kappa shape index (κ2) is 26.5. The van der Waals surface area contributed by atoms with Crippen LogP contribution in [-0.2, 0) is 10.8 Å². The Morgan fingerprint density at radius 1 is 0.225 bits per heavy atom. The van der Waals surface area contributed by atoms with Crippen molar-refractivity contribution in [1.82, 2.24) is 9.13 Å². The van der Waals surface area contributed by atoms with Crippen LogP contribution in [-0.4, -0.2) is 32.0 Å². The smallest absolute Gasteiger partial charge is 0.252 e. The van der Waals surface area contributed by atoms with Crippen LogP contribution in [0.15, 0.2) is 394 Å². The minimum atomic E-state index is -3.20. The maximum absolute atomic E-state index is 3.20. The molecule has 2 aliphatic heterocycles. The van der Waals surface area contributed by atoms with Gasteiger partial charge in [-0.3, -0.25) is 0 Å². The van der Waals surface area contributed by atoms with Gasteiger partial charge in [0, 0.05) is 61.4 Å². The van der Waals surface area contributed by atoms with Crippen molar-refractivity contribution < 1.29 is 0 Å². The van der Waals surface area contributed by atoms with E-state index in [4.69, 9.17) is 0 Å². The predicted octanol–water partition coefficient (Wildman–Crippen LogP) is 19.0. The van der Waals surface area contributed by atoms with Crippen LogP contribution in [0, 0.1) is 0 Å². The quantitative estimate of drug-likeness (QED) is 0.0845. The topological polar surface area (TPSA) is 16.3 Å². The SMILES string of the molecule is CC(C)(C)c1ccc2c(c1)c1cc(C(C)(C)C)ccc1n2-c1ccc2c(c1)N(c1ccc(-c3ccccc3)cc1)c1cc(-n3c4ccccc4c4ccccc43)cc3c1B2c1ccc([Si](c2ccccc2)(c2ccccc2)c2ccccc2)cc1N3c1cccc([Si](c2ccccc2)(c2ccccc2)c2ccccc2)c1. The van der Waals surface area contributed by atoms with Gasteiger partial charge in [-0.15, -0.1) is 0 Å². The van der Waals surface area contributed by atoms with Crippen LogP contribution in [0.4, 0.5) is 34.1 Å². The largest absolute Gasteiger partial charge is 0.311 e. The Morgan fingerprint density at radius 3 is 1.02 bits per heavy atom. The van der Waals surface area contributed by atoms with Gasteiger partial charge in [0.25, 0.3) is 6.71 Å². The highest BCUT2D eigenvalue weighted by molar-refractivity contribution is 7.20. The molecule has 0 saturated heterocycles. The Hall–Kier alpha value is -12.8. The molecular formula is C104H83BN4Si2. The highest BCUT2D eigenvalue weighted by Gasteiger charge is 2.48. The summed E-state index contributed by atoms with van der Waals surface area (Å²) in [6.45, 7) is 13.7. The first-order valence-corrected chi connectivity index (χ1v) is 43.1. The summed E-state index contributed by atoms with van der Waals surface area (Å²) < 4.78 is 5.10. The molecule has 20 rings (SSSR count). The molecule has 0 atom stereocenters. The standard InChI is InChI=1S/C104H83BN4Si2/c1-103(2,3)74-55-63-96-90(65-74)91-66-75(104(4,5)6)56-64-97(91)107(96)78-59-61-92-98(68-78)106(76-57-53-73(54-58-76)72-33-14-7-15-34-72)100-69-79(109-94-51-30-28-49-88(94)89-50-29-31-52-95(89)109)70-101-102(100)105(92)93-62-60-87(111(83-42-22-11-23-43-83,84-44-24-12-25-45-84)85-46-26-13-27-47-85)71-99(93)108(101)77-35-32-48-86(67-77)110(80-36-16-8-17-37-80,81-38-18-9-19-39-81)82-40-20-10-21-41-82/h7-71H,1-6H3. The zero-order valence-electron chi connectivity index (χ0n) is 63.4. The first-order chi connectivity index (χ1) is 54.3. The lowest BCUT2D eigenvalue weighted by molar-refractivity contribution is 0.590. The van der Waals surface area contributed by atoms with Gasteiger partial charge in [-0.2, -0.15) is 0 Å². The lowest BCUT2D eigenvalue weighted by Crippen LogP contribution is -2.75. The van der Waals surface area contributed by atoms with Crippen molar-refractivity contribution in [2.45, 2.75) is 52.4 Å². The number of hydrogen-bond acceptors (Lipinski definition) is 2. The van der Waals surface area contributed by atoms with Crippen molar-refractivity contribution in [3.8, 4) is 22.5 Å². The maximum Gasteiger partial charge on any atom is 0.252 e. The zero-order chi connectivity index (χ0) is 74.7. The van der Waals surface area contributed by atoms with E-state index in [1.54, 1.807) is 0 Å². The van der Waals surface area contributed by atoms with E-state index >= 15 is 0 Å². The highest BCUT2D eigenvalue weighted by Crippen LogP contribution is 2.48. The third-order valence-electron chi connectivity index (χ3n) is 24.1. The molecular weight excluding hydrogens is 1370 g/mol. The summed E-state index contributed by atoms with van der Waals surface area (Å²) in [6, 6.07) is 151. The van der Waals surface area contributed by atoms with Gasteiger partial charge in [-0.25, -0.2) is 0 Å². The number of fused-ring (bicyclic) bond motifs is 10. The van der Waals surface area contributed by atoms with Gasteiger partial charge < -0.3 is 18.9 Å². The molecule has 0 unspecified atom stereocenters. The summed E-state index contributed by atoms with van der Waals surface area (Å²) in [5.74, 6) is 0. The second-order valence-corrected chi connectivity index (χ2v) is 40.0. The fraction of sp³-hybridized carbons (Fsp3) is 0.0769. The average molecular weight is 1460 g/mol. The van der Waals surface area contributed by atoms with Crippen LogP contribution in [0.2, 0.25) is 0 Å². The van der Waals surface area contributed by atoms with Gasteiger partial charge >= 0.3 is 0 Å². The molecule has 0 saturated carbocycles. The van der Waals surface area contributed by atoms with Crippen LogP contribution in [0.25, 0.3) is 66.1 Å². The first-order valence-electron chi connectivity index (χ1n) is 39.1. The van der Waals surface area contributed by atoms with Gasteiger partial charge in [-0.05, 0) is 182 Å². The number of para-hydroxylation sites is 2. The van der Waals surface area contributed by atoms with E-state index in [1.165, 1.54) is 107 Å². The Bertz CT molecular complexity index is 6270. The van der Waals surface area contributed by atoms with Crippen molar-refractivity contribution in [3.63, 3.8) is 0 Å². The zero-order valence-corrected chi connectivity index (χ0v) is 65.4. The van der Waals surface area contributed by atoms with E-state index in [2.05, 4.69) is 455 Å². The average Bonchev–Trinajstić information content (AvgIpc) is 1.14. The molecule has 0 bridgehead atoms. The van der Waals surface area contributed by atoms with E-state index < -0.39 is 16.1 Å². The van der Waals surface area contributed by atoms with E-state index in [-0.39, 0.29) is 17.5 Å². The first kappa shape index (κ1) is 67.6. The summed E-state index contributed by atoms with van der Waals surface area (Å²) in [6.07, 6.45) is 0. The highest BCUT2D eigenvalue weighted by atomic mass is 28.3. The maximum atomic E-state index is 2.71. The molecule has 16 aromatic carbocycles. The van der Waals surface area contributed by atoms with Gasteiger partial charge in [0.05, 0.1) is 27.8 Å². The molecule has 0 amide bonds. The Morgan fingerprint density at radius 2 is 0.568 bits per heavy atom. The van der Waals surface area contributed by atoms with Crippen molar-refractivity contribution in [1.29, 1.82) is 0 Å². The number of nitrogens with zero attached hydrogens (tertiary/aromatic N) is 4. The summed E-state index contributed by atoms with van der Waals surface area (Å²) >= 11 is 0. The number of anilines is 6. The number of benzene rings is 16. The molecule has 0 radical (unpaired) electrons. The van der Waals surface area contributed by atoms with E-state index in [1.807, 2.05) is 0 Å². The predicted molar refractivity (Wildman–Crippen MR) is 479 cm³/mol. The molecule has 7 heteroatoms. The van der Waals surface area contributed by atoms with Crippen LogP contribution in [0.5, 0.6) is 0 Å². The molecule has 0 fully saturated rings. The molecule has 0 N–H and O–H groups in total. The molecule has 2 aliphatic rings. The van der Waals surface area contributed by atoms with Gasteiger partial charge in [0.2, 0.25) is 0 Å². The van der Waals surface area contributed by atoms with E-state index in [9.17, 15) is 0 Å². The fourth-order valence-electron chi connectivity index (χ4n) is 18.9. The van der Waals surface area contributed by atoms with Crippen LogP contribution in [0.1, 0.15) is 52.7 Å². The molecule has 111 heavy (non-hydrogen) atoms. The number of hydrogen-bond donors (Lipinski definition) is 0. The Labute approximate surface area is 653 Å². The van der Waals surface area contributed by atoms with Crippen LogP contribution < -0.4 is 67.7 Å². The lowest BCUT2D eigenvalue weighted by Gasteiger charge is -2.45. The third kappa shape index (κ3) is 10.8. The van der Waals surface area contributed by atoms with Crippen molar-refractivity contribution in [2.75, 3.05) is 9.80 Å². The van der Waals surface area contributed by atoms with Crippen LogP contribution >= 0.6 is 0 Å². The normalized spacial score (nSPS) is 12.9. The summed E-state index contributed by atoms with van der Waals surface area (Å²) in [5, 5.41) is 15.5. The third-order valence-corrected chi connectivity index (χ3v) is 33.6. The molecule has 530 valence electrons. The van der Waals surface area contributed by atoms with Crippen molar-refractivity contribution in [2.24, 2.45) is 0 Å². The fourth-order valence-corrected chi connectivity index (χ4v) is 28.4. The monoisotopic (exact) mass is 1450 g/mol. The lowest BCUT2D eigenvalue weighted by atomic mass is 9.33. The van der Waals surface area contributed by atoms with Gasteiger partial charge in [0.1, 0.15) is 0 Å². The molecule has 18 aromatic rings. The molecule has 0 spiro atoms. The minimum Gasteiger partial charge on any atom is -0.311 e. The van der Waals surface area contributed by atoms with E-state index in [0.29, 0.717) is 0 Å². The second-order valence-electron chi connectivity index (χ2n) is 32.3. The summed E-state index contributed by atoms with van der Waals surface area (Å²) in [5.41, 5.74) is 22.1. The van der Waals surface area contributed by atoms with Gasteiger partial charge in [-0.1, -0.05) is 345 Å². The molecule has 4 heterocycles. The van der Waals surface area contributed by atoms with Gasteiger partial charge in [0.15, 0.2) is 16.1 Å². The molecule has 4 nitrogen and oxygen atoms in total. The minimum absolute atomic E-state index is 0.0560.